The number of methoxy groups -OCH3 is 1. The number of ether oxygens (including phenoxy) is 1. The Balaban J connectivity index is 2.61. The Bertz CT molecular complexity index is 350. The van der Waals surface area contributed by atoms with Crippen LogP contribution in [-0.4, -0.2) is 62.8 Å². The van der Waals surface area contributed by atoms with E-state index in [2.05, 4.69) is 6.92 Å². The zero-order valence-corrected chi connectivity index (χ0v) is 12.9. The van der Waals surface area contributed by atoms with Crippen LogP contribution in [0.25, 0.3) is 0 Å². The van der Waals surface area contributed by atoms with Crippen molar-refractivity contribution in [3.8, 4) is 0 Å². The van der Waals surface area contributed by atoms with E-state index in [9.17, 15) is 8.42 Å². The summed E-state index contributed by atoms with van der Waals surface area (Å²) in [5, 5.41) is -0.322. The Morgan fingerprint density at radius 1 is 1.56 bits per heavy atom. The molecule has 0 aliphatic carbocycles. The maximum absolute atomic E-state index is 12.3. The van der Waals surface area contributed by atoms with Gasteiger partial charge < -0.3 is 4.74 Å². The molecule has 1 heterocycles. The predicted octanol–water partition coefficient (Wildman–Crippen LogP) is 1.15. The van der Waals surface area contributed by atoms with Gasteiger partial charge in [-0.25, -0.2) is 0 Å². The number of halogens is 1. The molecule has 1 rings (SSSR count). The van der Waals surface area contributed by atoms with Crippen molar-refractivity contribution in [3.05, 3.63) is 0 Å². The van der Waals surface area contributed by atoms with Crippen LogP contribution in [0.5, 0.6) is 0 Å². The molecule has 2 unspecified atom stereocenters. The minimum absolute atomic E-state index is 0.266. The van der Waals surface area contributed by atoms with Crippen LogP contribution in [0.3, 0.4) is 0 Å². The van der Waals surface area contributed by atoms with Gasteiger partial charge in [0.2, 0.25) is 0 Å². The highest BCUT2D eigenvalue weighted by Crippen LogP contribution is 2.20. The normalized spacial score (nSPS) is 24.4. The molecule has 0 amide bonds. The van der Waals surface area contributed by atoms with E-state index in [0.717, 1.165) is 12.8 Å². The van der Waals surface area contributed by atoms with Gasteiger partial charge in [0.15, 0.2) is 0 Å². The van der Waals surface area contributed by atoms with Gasteiger partial charge in [-0.3, -0.25) is 0 Å². The van der Waals surface area contributed by atoms with E-state index < -0.39 is 10.2 Å². The highest BCUT2D eigenvalue weighted by molar-refractivity contribution is 7.86. The van der Waals surface area contributed by atoms with Gasteiger partial charge in [0.05, 0.1) is 12.0 Å². The molecule has 0 spiro atoms. The van der Waals surface area contributed by atoms with E-state index in [1.54, 1.807) is 18.5 Å². The van der Waals surface area contributed by atoms with Crippen molar-refractivity contribution in [2.24, 2.45) is 5.92 Å². The van der Waals surface area contributed by atoms with Crippen LogP contribution in [0, 0.1) is 5.92 Å². The molecule has 1 aliphatic rings. The van der Waals surface area contributed by atoms with E-state index >= 15 is 0 Å². The number of piperidine rings is 1. The fourth-order valence-electron chi connectivity index (χ4n) is 2.16. The van der Waals surface area contributed by atoms with Gasteiger partial charge in [-0.15, -0.1) is 11.6 Å². The number of alkyl halides is 1. The average molecular weight is 299 g/mol. The molecule has 2 atom stereocenters. The molecular weight excluding hydrogens is 276 g/mol. The lowest BCUT2D eigenvalue weighted by Gasteiger charge is -2.33. The number of hydrogen-bond donors (Lipinski definition) is 0. The first-order chi connectivity index (χ1) is 8.37. The lowest BCUT2D eigenvalue weighted by molar-refractivity contribution is 0.190. The SMILES string of the molecule is COCC(Cl)CN(C)S(=O)(=O)N1CCCC(C)C1. The molecule has 1 aliphatic heterocycles. The highest BCUT2D eigenvalue weighted by Gasteiger charge is 2.31. The maximum Gasteiger partial charge on any atom is 0.281 e. The van der Waals surface area contributed by atoms with Crippen molar-refractivity contribution >= 4 is 21.8 Å². The molecule has 1 fully saturated rings. The first kappa shape index (κ1) is 16.2. The second kappa shape index (κ2) is 7.05. The summed E-state index contributed by atoms with van der Waals surface area (Å²) >= 11 is 6.00. The summed E-state index contributed by atoms with van der Waals surface area (Å²) in [6, 6.07) is 0. The fraction of sp³-hybridized carbons (Fsp3) is 1.00. The van der Waals surface area contributed by atoms with Gasteiger partial charge in [0.1, 0.15) is 0 Å². The molecule has 0 bridgehead atoms. The summed E-state index contributed by atoms with van der Waals surface area (Å²) in [5.74, 6) is 0.424. The summed E-state index contributed by atoms with van der Waals surface area (Å²) in [7, 11) is -0.261. The molecule has 18 heavy (non-hydrogen) atoms. The predicted molar refractivity (Wildman–Crippen MR) is 73.0 cm³/mol. The van der Waals surface area contributed by atoms with Crippen LogP contribution in [-0.2, 0) is 14.9 Å². The zero-order valence-electron chi connectivity index (χ0n) is 11.3. The third kappa shape index (κ3) is 4.35. The third-order valence-corrected chi connectivity index (χ3v) is 5.33. The Morgan fingerprint density at radius 3 is 2.78 bits per heavy atom. The Morgan fingerprint density at radius 2 is 2.22 bits per heavy atom. The summed E-state index contributed by atoms with van der Waals surface area (Å²) in [5.41, 5.74) is 0. The second-order valence-corrected chi connectivity index (χ2v) is 7.60. The molecule has 0 N–H and O–H groups in total. The molecule has 108 valence electrons. The number of rotatable bonds is 6. The topological polar surface area (TPSA) is 49.9 Å². The zero-order chi connectivity index (χ0) is 13.8. The summed E-state index contributed by atoms with van der Waals surface area (Å²) in [4.78, 5) is 0. The van der Waals surface area contributed by atoms with E-state index in [4.69, 9.17) is 16.3 Å². The standard InChI is InChI=1S/C11H23ClN2O3S/c1-10-5-4-6-14(7-10)18(15,16)13(2)8-11(12)9-17-3/h10-11H,4-9H2,1-3H3. The van der Waals surface area contributed by atoms with Gasteiger partial charge >= 0.3 is 0 Å². The molecule has 7 heteroatoms. The first-order valence-electron chi connectivity index (χ1n) is 6.22. The highest BCUT2D eigenvalue weighted by atomic mass is 35.5. The molecule has 5 nitrogen and oxygen atoms in total. The maximum atomic E-state index is 12.3. The number of nitrogens with zero attached hydrogens (tertiary/aromatic N) is 2. The van der Waals surface area contributed by atoms with Gasteiger partial charge in [0.25, 0.3) is 10.2 Å². The van der Waals surface area contributed by atoms with Crippen LogP contribution in [0.4, 0.5) is 0 Å². The minimum atomic E-state index is -3.38. The van der Waals surface area contributed by atoms with E-state index in [1.807, 2.05) is 0 Å². The van der Waals surface area contributed by atoms with E-state index in [1.165, 1.54) is 4.31 Å². The molecule has 0 aromatic carbocycles. The number of hydrogen-bond acceptors (Lipinski definition) is 3. The van der Waals surface area contributed by atoms with Crippen LogP contribution < -0.4 is 0 Å². The fourth-order valence-corrected chi connectivity index (χ4v) is 4.14. The molecule has 0 aromatic rings. The van der Waals surface area contributed by atoms with Crippen LogP contribution in [0.15, 0.2) is 0 Å². The van der Waals surface area contributed by atoms with Crippen LogP contribution in [0.2, 0.25) is 0 Å². The van der Waals surface area contributed by atoms with Gasteiger partial charge in [-0.05, 0) is 18.8 Å². The average Bonchev–Trinajstić information content (AvgIpc) is 2.29. The first-order valence-corrected chi connectivity index (χ1v) is 8.05. The van der Waals surface area contributed by atoms with Gasteiger partial charge in [-0.1, -0.05) is 6.92 Å². The van der Waals surface area contributed by atoms with Gasteiger partial charge in [0, 0.05) is 33.8 Å². The van der Waals surface area contributed by atoms with Crippen molar-refractivity contribution in [2.45, 2.75) is 25.1 Å². The summed E-state index contributed by atoms with van der Waals surface area (Å²) in [6.45, 7) is 3.90. The summed E-state index contributed by atoms with van der Waals surface area (Å²) in [6.07, 6.45) is 2.02. The molecule has 0 aromatic heterocycles. The Hall–Kier alpha value is 0.120. The van der Waals surface area contributed by atoms with Crippen molar-refractivity contribution < 1.29 is 13.2 Å². The van der Waals surface area contributed by atoms with Crippen LogP contribution in [0.1, 0.15) is 19.8 Å². The third-order valence-electron chi connectivity index (χ3n) is 3.14. The lowest BCUT2D eigenvalue weighted by atomic mass is 10.0. The van der Waals surface area contributed by atoms with E-state index in [0.29, 0.717) is 25.6 Å². The summed E-state index contributed by atoms with van der Waals surface area (Å²) < 4.78 is 32.4. The quantitative estimate of drug-likeness (QED) is 0.691. The van der Waals surface area contributed by atoms with E-state index in [-0.39, 0.29) is 11.9 Å². The van der Waals surface area contributed by atoms with Gasteiger partial charge in [-0.2, -0.15) is 17.0 Å². The monoisotopic (exact) mass is 298 g/mol. The smallest absolute Gasteiger partial charge is 0.281 e. The van der Waals surface area contributed by atoms with Crippen molar-refractivity contribution in [3.63, 3.8) is 0 Å². The largest absolute Gasteiger partial charge is 0.383 e. The van der Waals surface area contributed by atoms with Crippen molar-refractivity contribution in [2.75, 3.05) is 40.4 Å². The second-order valence-electron chi connectivity index (χ2n) is 4.95. The Kier molecular flexibility index (Phi) is 6.34. The lowest BCUT2D eigenvalue weighted by Crippen LogP contribution is -2.47. The minimum Gasteiger partial charge on any atom is -0.383 e. The van der Waals surface area contributed by atoms with Crippen molar-refractivity contribution in [1.29, 1.82) is 0 Å². The van der Waals surface area contributed by atoms with Crippen LogP contribution >= 0.6 is 11.6 Å². The molecule has 1 saturated heterocycles. The Labute approximate surface area is 115 Å². The van der Waals surface area contributed by atoms with Crippen molar-refractivity contribution in [1.82, 2.24) is 8.61 Å². The molecule has 0 radical (unpaired) electrons. The molecule has 0 saturated carbocycles. The molecular formula is C11H23ClN2O3S.